The second-order valence-electron chi connectivity index (χ2n) is 7.45. The van der Waals surface area contributed by atoms with Gasteiger partial charge in [-0.25, -0.2) is 0 Å². The lowest BCUT2D eigenvalue weighted by molar-refractivity contribution is -0.144. The van der Waals surface area contributed by atoms with E-state index in [2.05, 4.69) is 0 Å². The molecule has 0 saturated carbocycles. The third-order valence-electron chi connectivity index (χ3n) is 5.35. The third kappa shape index (κ3) is 5.23. The van der Waals surface area contributed by atoms with Crippen molar-refractivity contribution in [3.05, 3.63) is 53.6 Å². The summed E-state index contributed by atoms with van der Waals surface area (Å²) in [7, 11) is 0. The Kier molecular flexibility index (Phi) is 6.82. The molecule has 2 amide bonds. The topological polar surface area (TPSA) is 79.3 Å². The molecular formula is C23H28N2O5. The minimum Gasteiger partial charge on any atom is -0.508 e. The van der Waals surface area contributed by atoms with Crippen molar-refractivity contribution in [2.75, 3.05) is 32.8 Å². The average molecular weight is 412 g/mol. The number of phenols is 1. The molecule has 2 aromatic rings. The Morgan fingerprint density at radius 1 is 1.00 bits per heavy atom. The molecule has 1 fully saturated rings. The highest BCUT2D eigenvalue weighted by molar-refractivity contribution is 5.82. The number of amides is 2. The van der Waals surface area contributed by atoms with Gasteiger partial charge in [-0.15, -0.1) is 0 Å². The summed E-state index contributed by atoms with van der Waals surface area (Å²) in [6, 6.07) is 12.0. The van der Waals surface area contributed by atoms with E-state index >= 15 is 0 Å². The van der Waals surface area contributed by atoms with E-state index in [1.165, 1.54) is 12.1 Å². The van der Waals surface area contributed by atoms with Crippen molar-refractivity contribution >= 4 is 11.8 Å². The molecule has 0 radical (unpaired) electrons. The standard InChI is InChI=1S/C23H28N2O5/c1-16-5-4-6-21(17(16)2)29-15-22(27)24-11-13-25(14-12-24)23(28)18(3)30-20-9-7-19(26)8-10-20/h4-10,18,26H,11-15H2,1-3H3. The fraction of sp³-hybridized carbons (Fsp3) is 0.391. The van der Waals surface area contributed by atoms with Gasteiger partial charge in [-0.05, 0) is 62.2 Å². The molecule has 0 bridgehead atoms. The van der Waals surface area contributed by atoms with Crippen LogP contribution >= 0.6 is 0 Å². The molecule has 7 nitrogen and oxygen atoms in total. The largest absolute Gasteiger partial charge is 0.508 e. The molecule has 1 unspecified atom stereocenters. The van der Waals surface area contributed by atoms with Gasteiger partial charge in [-0.1, -0.05) is 12.1 Å². The predicted molar refractivity (Wildman–Crippen MR) is 113 cm³/mol. The van der Waals surface area contributed by atoms with E-state index in [1.807, 2.05) is 32.0 Å². The van der Waals surface area contributed by atoms with Gasteiger partial charge in [0.2, 0.25) is 0 Å². The average Bonchev–Trinajstić information content (AvgIpc) is 2.75. The van der Waals surface area contributed by atoms with Crippen LogP contribution in [0.2, 0.25) is 0 Å². The number of hydrogen-bond acceptors (Lipinski definition) is 5. The van der Waals surface area contributed by atoms with Crippen molar-refractivity contribution in [1.29, 1.82) is 0 Å². The smallest absolute Gasteiger partial charge is 0.263 e. The lowest BCUT2D eigenvalue weighted by Crippen LogP contribution is -2.54. The summed E-state index contributed by atoms with van der Waals surface area (Å²) in [5.41, 5.74) is 2.15. The minimum absolute atomic E-state index is 0.0153. The third-order valence-corrected chi connectivity index (χ3v) is 5.35. The quantitative estimate of drug-likeness (QED) is 0.789. The molecule has 0 spiro atoms. The summed E-state index contributed by atoms with van der Waals surface area (Å²) in [5.74, 6) is 1.17. The highest BCUT2D eigenvalue weighted by atomic mass is 16.5. The van der Waals surface area contributed by atoms with Crippen LogP contribution in [-0.2, 0) is 9.59 Å². The van der Waals surface area contributed by atoms with Crippen LogP contribution in [0.5, 0.6) is 17.2 Å². The summed E-state index contributed by atoms with van der Waals surface area (Å²) >= 11 is 0. The fourth-order valence-electron chi connectivity index (χ4n) is 3.32. The molecule has 7 heteroatoms. The zero-order chi connectivity index (χ0) is 21.7. The van der Waals surface area contributed by atoms with Gasteiger partial charge in [-0.3, -0.25) is 9.59 Å². The lowest BCUT2D eigenvalue weighted by Gasteiger charge is -2.35. The Bertz CT molecular complexity index is 889. The van der Waals surface area contributed by atoms with Gasteiger partial charge in [0.05, 0.1) is 0 Å². The van der Waals surface area contributed by atoms with Gasteiger partial charge in [0.15, 0.2) is 12.7 Å². The van der Waals surface area contributed by atoms with Crippen molar-refractivity contribution in [3.8, 4) is 17.2 Å². The highest BCUT2D eigenvalue weighted by Crippen LogP contribution is 2.21. The van der Waals surface area contributed by atoms with Gasteiger partial charge in [0.25, 0.3) is 11.8 Å². The molecule has 2 aromatic carbocycles. The molecule has 0 aliphatic carbocycles. The highest BCUT2D eigenvalue weighted by Gasteiger charge is 2.28. The molecule has 3 rings (SSSR count). The first-order chi connectivity index (χ1) is 14.3. The van der Waals surface area contributed by atoms with Gasteiger partial charge in [0, 0.05) is 26.2 Å². The number of ether oxygens (including phenoxy) is 2. The number of benzene rings is 2. The molecule has 160 valence electrons. The maximum Gasteiger partial charge on any atom is 0.263 e. The van der Waals surface area contributed by atoms with Crippen LogP contribution in [0.25, 0.3) is 0 Å². The van der Waals surface area contributed by atoms with Crippen LogP contribution < -0.4 is 9.47 Å². The Morgan fingerprint density at radius 2 is 1.63 bits per heavy atom. The number of hydrogen-bond donors (Lipinski definition) is 1. The zero-order valence-electron chi connectivity index (χ0n) is 17.6. The van der Waals surface area contributed by atoms with Crippen LogP contribution in [-0.4, -0.2) is 65.6 Å². The number of carbonyl (C=O) groups is 2. The molecule has 0 aromatic heterocycles. The van der Waals surface area contributed by atoms with Gasteiger partial charge < -0.3 is 24.4 Å². The number of rotatable bonds is 6. The minimum atomic E-state index is -0.649. The van der Waals surface area contributed by atoms with Crippen molar-refractivity contribution in [1.82, 2.24) is 9.80 Å². The summed E-state index contributed by atoms with van der Waals surface area (Å²) < 4.78 is 11.4. The summed E-state index contributed by atoms with van der Waals surface area (Å²) in [4.78, 5) is 28.6. The Labute approximate surface area is 176 Å². The number of aryl methyl sites for hydroxylation is 1. The SMILES string of the molecule is Cc1cccc(OCC(=O)N2CCN(C(=O)C(C)Oc3ccc(O)cc3)CC2)c1C. The van der Waals surface area contributed by atoms with Crippen molar-refractivity contribution < 1.29 is 24.2 Å². The fourth-order valence-corrected chi connectivity index (χ4v) is 3.32. The van der Waals surface area contributed by atoms with E-state index in [4.69, 9.17) is 9.47 Å². The van der Waals surface area contributed by atoms with Crippen molar-refractivity contribution in [3.63, 3.8) is 0 Å². The molecular weight excluding hydrogens is 384 g/mol. The number of carbonyl (C=O) groups excluding carboxylic acids is 2. The second kappa shape index (κ2) is 9.52. The molecule has 1 atom stereocenters. The van der Waals surface area contributed by atoms with Crippen molar-refractivity contribution in [2.24, 2.45) is 0 Å². The molecule has 30 heavy (non-hydrogen) atoms. The first-order valence-corrected chi connectivity index (χ1v) is 10.1. The number of piperazine rings is 1. The maximum absolute atomic E-state index is 12.6. The van der Waals surface area contributed by atoms with E-state index in [0.29, 0.717) is 31.9 Å². The summed E-state index contributed by atoms with van der Waals surface area (Å²) in [6.07, 6.45) is -0.649. The molecule has 1 aliphatic rings. The van der Waals surface area contributed by atoms with Crippen molar-refractivity contribution in [2.45, 2.75) is 26.9 Å². The number of phenolic OH excluding ortho intramolecular Hbond substituents is 1. The van der Waals surface area contributed by atoms with Crippen LogP contribution in [0.4, 0.5) is 0 Å². The molecule has 1 saturated heterocycles. The van der Waals surface area contributed by atoms with E-state index in [-0.39, 0.29) is 24.2 Å². The van der Waals surface area contributed by atoms with E-state index in [0.717, 1.165) is 16.9 Å². The summed E-state index contributed by atoms with van der Waals surface area (Å²) in [6.45, 7) is 7.50. The van der Waals surface area contributed by atoms with Crippen LogP contribution in [0.15, 0.2) is 42.5 Å². The van der Waals surface area contributed by atoms with Gasteiger partial charge >= 0.3 is 0 Å². The van der Waals surface area contributed by atoms with Crippen LogP contribution in [0.1, 0.15) is 18.1 Å². The Hall–Kier alpha value is -3.22. The number of nitrogens with zero attached hydrogens (tertiary/aromatic N) is 2. The van der Waals surface area contributed by atoms with E-state index < -0.39 is 6.10 Å². The van der Waals surface area contributed by atoms with Gasteiger partial charge in [-0.2, -0.15) is 0 Å². The molecule has 1 aliphatic heterocycles. The van der Waals surface area contributed by atoms with E-state index in [9.17, 15) is 14.7 Å². The maximum atomic E-state index is 12.6. The van der Waals surface area contributed by atoms with Crippen LogP contribution in [0.3, 0.4) is 0 Å². The Balaban J connectivity index is 1.46. The number of aromatic hydroxyl groups is 1. The van der Waals surface area contributed by atoms with Crippen LogP contribution in [0, 0.1) is 13.8 Å². The normalized spacial score (nSPS) is 14.9. The monoisotopic (exact) mass is 412 g/mol. The molecule has 1 heterocycles. The predicted octanol–water partition coefficient (Wildman–Crippen LogP) is 2.53. The Morgan fingerprint density at radius 3 is 2.30 bits per heavy atom. The van der Waals surface area contributed by atoms with Gasteiger partial charge in [0.1, 0.15) is 17.2 Å². The first kappa shape index (κ1) is 21.5. The summed E-state index contributed by atoms with van der Waals surface area (Å²) in [5, 5.41) is 9.33. The lowest BCUT2D eigenvalue weighted by atomic mass is 10.1. The first-order valence-electron chi connectivity index (χ1n) is 10.1. The molecule has 1 N–H and O–H groups in total. The van der Waals surface area contributed by atoms with E-state index in [1.54, 1.807) is 28.9 Å². The zero-order valence-corrected chi connectivity index (χ0v) is 17.6. The second-order valence-corrected chi connectivity index (χ2v) is 7.45.